The molecule has 1 fully saturated rings. The molecule has 0 aromatic heterocycles. The third-order valence-electron chi connectivity index (χ3n) is 3.66. The fourth-order valence-corrected chi connectivity index (χ4v) is 2.28. The third kappa shape index (κ3) is 3.70. The van der Waals surface area contributed by atoms with Crippen LogP contribution in [-0.2, 0) is 9.59 Å². The van der Waals surface area contributed by atoms with E-state index in [1.807, 2.05) is 18.9 Å². The van der Waals surface area contributed by atoms with E-state index in [1.54, 1.807) is 4.90 Å². The Bertz CT molecular complexity index is 307. The number of carboxylic acids is 1. The summed E-state index contributed by atoms with van der Waals surface area (Å²) >= 11 is 0. The smallest absolute Gasteiger partial charge is 0.309 e. The summed E-state index contributed by atoms with van der Waals surface area (Å²) in [5, 5.41) is 9.18. The van der Waals surface area contributed by atoms with Crippen molar-refractivity contribution in [1.82, 2.24) is 9.80 Å². The van der Waals surface area contributed by atoms with Crippen LogP contribution in [0.5, 0.6) is 0 Å². The average Bonchev–Trinajstić information content (AvgIpc) is 2.43. The molecule has 1 aliphatic heterocycles. The number of nitrogens with zero attached hydrogens (tertiary/aromatic N) is 2. The zero-order valence-electron chi connectivity index (χ0n) is 11.6. The van der Waals surface area contributed by atoms with Crippen molar-refractivity contribution in [1.29, 1.82) is 0 Å². The first kappa shape index (κ1) is 15.0. The van der Waals surface area contributed by atoms with Crippen LogP contribution in [0, 0.1) is 5.92 Å². The van der Waals surface area contributed by atoms with Crippen LogP contribution in [0.3, 0.4) is 0 Å². The van der Waals surface area contributed by atoms with Crippen LogP contribution in [-0.4, -0.2) is 59.5 Å². The van der Waals surface area contributed by atoms with Crippen molar-refractivity contribution in [3.8, 4) is 0 Å². The van der Waals surface area contributed by atoms with E-state index in [4.69, 9.17) is 0 Å². The highest BCUT2D eigenvalue weighted by Gasteiger charge is 2.34. The van der Waals surface area contributed by atoms with Crippen molar-refractivity contribution >= 4 is 11.9 Å². The van der Waals surface area contributed by atoms with Gasteiger partial charge in [0.05, 0.1) is 12.0 Å². The van der Waals surface area contributed by atoms with E-state index in [1.165, 1.54) is 0 Å². The van der Waals surface area contributed by atoms with Crippen LogP contribution < -0.4 is 0 Å². The Balaban J connectivity index is 2.72. The number of carbonyl (C=O) groups excluding carboxylic acids is 1. The molecule has 104 valence electrons. The van der Waals surface area contributed by atoms with Crippen molar-refractivity contribution in [2.75, 3.05) is 26.7 Å². The number of hydrogen-bond donors (Lipinski definition) is 1. The molecule has 0 saturated carbocycles. The van der Waals surface area contributed by atoms with E-state index in [9.17, 15) is 14.7 Å². The van der Waals surface area contributed by atoms with Crippen LogP contribution in [0.15, 0.2) is 0 Å². The monoisotopic (exact) mass is 256 g/mol. The largest absolute Gasteiger partial charge is 0.481 e. The molecular formula is C13H24N2O3. The van der Waals surface area contributed by atoms with Gasteiger partial charge in [0, 0.05) is 19.6 Å². The second kappa shape index (κ2) is 6.73. The lowest BCUT2D eigenvalue weighted by molar-refractivity contribution is -0.142. The summed E-state index contributed by atoms with van der Waals surface area (Å²) in [4.78, 5) is 26.9. The van der Waals surface area contributed by atoms with Crippen LogP contribution in [0.4, 0.5) is 0 Å². The molecule has 1 saturated heterocycles. The van der Waals surface area contributed by atoms with Gasteiger partial charge in [-0.15, -0.1) is 0 Å². The Labute approximate surface area is 109 Å². The molecule has 1 rings (SSSR count). The van der Waals surface area contributed by atoms with Gasteiger partial charge < -0.3 is 10.0 Å². The first-order valence-electron chi connectivity index (χ1n) is 6.69. The summed E-state index contributed by atoms with van der Waals surface area (Å²) < 4.78 is 0. The van der Waals surface area contributed by atoms with E-state index in [0.717, 1.165) is 19.3 Å². The number of rotatable bonds is 5. The van der Waals surface area contributed by atoms with Crippen LogP contribution >= 0.6 is 0 Å². The van der Waals surface area contributed by atoms with Crippen molar-refractivity contribution in [3.63, 3.8) is 0 Å². The number of carbonyl (C=O) groups is 2. The molecule has 0 aromatic rings. The Hall–Kier alpha value is -1.10. The fourth-order valence-electron chi connectivity index (χ4n) is 2.28. The quantitative estimate of drug-likeness (QED) is 0.747. The van der Waals surface area contributed by atoms with Gasteiger partial charge in [-0.3, -0.25) is 14.5 Å². The highest BCUT2D eigenvalue weighted by molar-refractivity contribution is 5.83. The minimum absolute atomic E-state index is 0.0531. The lowest BCUT2D eigenvalue weighted by atomic mass is 10.1. The molecule has 1 amide bonds. The van der Waals surface area contributed by atoms with Crippen molar-refractivity contribution in [3.05, 3.63) is 0 Å². The van der Waals surface area contributed by atoms with Gasteiger partial charge in [-0.2, -0.15) is 0 Å². The summed E-state index contributed by atoms with van der Waals surface area (Å²) in [5.41, 5.74) is 0. The Morgan fingerprint density at radius 1 is 1.39 bits per heavy atom. The van der Waals surface area contributed by atoms with Gasteiger partial charge in [0.25, 0.3) is 0 Å². The van der Waals surface area contributed by atoms with Gasteiger partial charge in [0.1, 0.15) is 0 Å². The molecule has 5 heteroatoms. The predicted molar refractivity (Wildman–Crippen MR) is 69.3 cm³/mol. The Kier molecular flexibility index (Phi) is 5.59. The number of hydrogen-bond acceptors (Lipinski definition) is 3. The second-order valence-corrected chi connectivity index (χ2v) is 5.14. The molecule has 18 heavy (non-hydrogen) atoms. The van der Waals surface area contributed by atoms with E-state index in [0.29, 0.717) is 19.6 Å². The Morgan fingerprint density at radius 2 is 2.06 bits per heavy atom. The normalized spacial score (nSPS) is 26.2. The number of likely N-dealkylation sites (N-methyl/N-ethyl adjacent to an activating group) is 1. The molecule has 0 radical (unpaired) electrons. The molecule has 1 N–H and O–H groups in total. The molecule has 0 aliphatic carbocycles. The first-order chi connectivity index (χ1) is 8.47. The van der Waals surface area contributed by atoms with Gasteiger partial charge in [0.15, 0.2) is 0 Å². The number of unbranched alkanes of at least 4 members (excludes halogenated alkanes) is 2. The van der Waals surface area contributed by atoms with Crippen molar-refractivity contribution in [2.45, 2.75) is 39.2 Å². The van der Waals surface area contributed by atoms with Crippen molar-refractivity contribution in [2.24, 2.45) is 5.92 Å². The summed E-state index contributed by atoms with van der Waals surface area (Å²) in [7, 11) is 1.81. The summed E-state index contributed by atoms with van der Waals surface area (Å²) in [6.07, 6.45) is 3.12. The zero-order valence-corrected chi connectivity index (χ0v) is 11.6. The van der Waals surface area contributed by atoms with Crippen LogP contribution in [0.25, 0.3) is 0 Å². The minimum atomic E-state index is -0.816. The zero-order chi connectivity index (χ0) is 13.7. The van der Waals surface area contributed by atoms with Gasteiger partial charge in [-0.1, -0.05) is 19.8 Å². The molecule has 0 spiro atoms. The standard InChI is InChI=1S/C13H24N2O3/c1-4-5-6-7-15-9-11(13(17)18)8-14(3)10(2)12(15)16/h10-11H,4-9H2,1-3H3,(H,17,18). The van der Waals surface area contributed by atoms with Gasteiger partial charge >= 0.3 is 5.97 Å². The fraction of sp³-hybridized carbons (Fsp3) is 0.846. The van der Waals surface area contributed by atoms with E-state index in [-0.39, 0.29) is 11.9 Å². The number of aliphatic carboxylic acids is 1. The maximum Gasteiger partial charge on any atom is 0.309 e. The third-order valence-corrected chi connectivity index (χ3v) is 3.66. The molecule has 5 nitrogen and oxygen atoms in total. The van der Waals surface area contributed by atoms with E-state index in [2.05, 4.69) is 6.92 Å². The maximum atomic E-state index is 12.2. The molecule has 0 aromatic carbocycles. The summed E-state index contributed by atoms with van der Waals surface area (Å²) in [6, 6.07) is -0.226. The molecule has 1 heterocycles. The molecule has 2 atom stereocenters. The molecular weight excluding hydrogens is 232 g/mol. The lowest BCUT2D eigenvalue weighted by Gasteiger charge is -2.25. The minimum Gasteiger partial charge on any atom is -0.481 e. The number of amides is 1. The first-order valence-corrected chi connectivity index (χ1v) is 6.69. The van der Waals surface area contributed by atoms with E-state index >= 15 is 0 Å². The van der Waals surface area contributed by atoms with Gasteiger partial charge in [-0.05, 0) is 20.4 Å². The van der Waals surface area contributed by atoms with Crippen LogP contribution in [0.2, 0.25) is 0 Å². The predicted octanol–water partition coefficient (Wildman–Crippen LogP) is 1.04. The Morgan fingerprint density at radius 3 is 2.61 bits per heavy atom. The topological polar surface area (TPSA) is 60.9 Å². The van der Waals surface area contributed by atoms with Crippen molar-refractivity contribution < 1.29 is 14.7 Å². The molecule has 0 bridgehead atoms. The molecule has 2 unspecified atom stereocenters. The lowest BCUT2D eigenvalue weighted by Crippen LogP contribution is -2.42. The SMILES string of the molecule is CCCCCN1CC(C(=O)O)CN(C)C(C)C1=O. The average molecular weight is 256 g/mol. The number of carboxylic acid groups (broad SMARTS) is 1. The second-order valence-electron chi connectivity index (χ2n) is 5.14. The van der Waals surface area contributed by atoms with E-state index < -0.39 is 11.9 Å². The molecule has 1 aliphatic rings. The summed E-state index contributed by atoms with van der Waals surface area (Å²) in [5.74, 6) is -1.24. The highest BCUT2D eigenvalue weighted by Crippen LogP contribution is 2.15. The highest BCUT2D eigenvalue weighted by atomic mass is 16.4. The van der Waals surface area contributed by atoms with Crippen LogP contribution in [0.1, 0.15) is 33.1 Å². The summed E-state index contributed by atoms with van der Waals surface area (Å²) in [6.45, 7) is 5.41. The van der Waals surface area contributed by atoms with Gasteiger partial charge in [-0.25, -0.2) is 0 Å². The maximum absolute atomic E-state index is 12.2. The van der Waals surface area contributed by atoms with Gasteiger partial charge in [0.2, 0.25) is 5.91 Å².